The third-order valence-corrected chi connectivity index (χ3v) is 10.4. The molecule has 2 rings (SSSR count). The van der Waals surface area contributed by atoms with Gasteiger partial charge in [0.2, 0.25) is 5.91 Å². The largest absolute Gasteiger partial charge is 0.394 e. The number of aliphatic hydroxyl groups is 8. The maximum atomic E-state index is 13.0. The summed E-state index contributed by atoms with van der Waals surface area (Å²) in [7, 11) is 0. The van der Waals surface area contributed by atoms with Gasteiger partial charge in [-0.1, -0.05) is 122 Å². The molecule has 322 valence electrons. The number of ether oxygens (including phenoxy) is 4. The van der Waals surface area contributed by atoms with E-state index in [1.807, 2.05) is 6.08 Å². The van der Waals surface area contributed by atoms with E-state index in [1.165, 1.54) is 70.6 Å². The van der Waals surface area contributed by atoms with E-state index in [4.69, 9.17) is 18.9 Å². The Hall–Kier alpha value is -1.53. The Bertz CT molecular complexity index is 1030. The maximum Gasteiger partial charge on any atom is 0.220 e. The minimum Gasteiger partial charge on any atom is -0.394 e. The molecule has 0 radical (unpaired) electrons. The van der Waals surface area contributed by atoms with Crippen LogP contribution in [-0.4, -0.2) is 140 Å². The summed E-state index contributed by atoms with van der Waals surface area (Å²) in [5, 5.41) is 86.1. The highest BCUT2D eigenvalue weighted by Crippen LogP contribution is 2.29. The van der Waals surface area contributed by atoms with Crippen LogP contribution in [0.25, 0.3) is 0 Å². The minimum atomic E-state index is -1.79. The van der Waals surface area contributed by atoms with E-state index in [1.54, 1.807) is 6.08 Å². The fraction of sp³-hybridized carbons (Fsp3) is 0.878. The summed E-state index contributed by atoms with van der Waals surface area (Å²) in [6.07, 6.45) is 11.0. The van der Waals surface area contributed by atoms with Gasteiger partial charge in [0.25, 0.3) is 0 Å². The molecule has 9 N–H and O–H groups in total. The van der Waals surface area contributed by atoms with Crippen LogP contribution in [-0.2, 0) is 23.7 Å². The highest BCUT2D eigenvalue weighted by atomic mass is 16.7. The smallest absolute Gasteiger partial charge is 0.220 e. The molecular formula is C41H75NO13. The fourth-order valence-corrected chi connectivity index (χ4v) is 6.83. The molecule has 2 aliphatic heterocycles. The summed E-state index contributed by atoms with van der Waals surface area (Å²) in [4.78, 5) is 13.0. The lowest BCUT2D eigenvalue weighted by atomic mass is 9.97. The van der Waals surface area contributed by atoms with Crippen molar-refractivity contribution < 1.29 is 64.6 Å². The molecule has 2 saturated heterocycles. The molecule has 0 aromatic carbocycles. The van der Waals surface area contributed by atoms with E-state index in [9.17, 15) is 45.6 Å². The molecule has 2 fully saturated rings. The summed E-state index contributed by atoms with van der Waals surface area (Å²) < 4.78 is 22.5. The molecule has 0 aromatic rings. The first-order valence-electron chi connectivity index (χ1n) is 21.1. The Kier molecular flexibility index (Phi) is 26.7. The van der Waals surface area contributed by atoms with Gasteiger partial charge in [-0.25, -0.2) is 0 Å². The predicted octanol–water partition coefficient (Wildman–Crippen LogP) is 3.04. The predicted molar refractivity (Wildman–Crippen MR) is 208 cm³/mol. The van der Waals surface area contributed by atoms with Gasteiger partial charge in [0.1, 0.15) is 48.8 Å². The number of nitrogens with one attached hydrogen (secondary N) is 1. The zero-order valence-electron chi connectivity index (χ0n) is 33.4. The highest BCUT2D eigenvalue weighted by molar-refractivity contribution is 5.76. The van der Waals surface area contributed by atoms with Crippen molar-refractivity contribution in [3.05, 3.63) is 24.3 Å². The summed E-state index contributed by atoms with van der Waals surface area (Å²) in [5.74, 6) is -0.255. The van der Waals surface area contributed by atoms with Gasteiger partial charge in [0, 0.05) is 6.42 Å². The van der Waals surface area contributed by atoms with Gasteiger partial charge in [-0.05, 0) is 32.1 Å². The van der Waals surface area contributed by atoms with Gasteiger partial charge in [-0.3, -0.25) is 4.79 Å². The van der Waals surface area contributed by atoms with Gasteiger partial charge in [-0.2, -0.15) is 0 Å². The number of amides is 1. The van der Waals surface area contributed by atoms with Gasteiger partial charge in [-0.15, -0.1) is 0 Å². The second kappa shape index (κ2) is 29.6. The molecule has 55 heavy (non-hydrogen) atoms. The van der Waals surface area contributed by atoms with Gasteiger partial charge < -0.3 is 65.1 Å². The van der Waals surface area contributed by atoms with Gasteiger partial charge in [0.05, 0.1) is 32.0 Å². The van der Waals surface area contributed by atoms with E-state index in [2.05, 4.69) is 31.3 Å². The summed E-state index contributed by atoms with van der Waals surface area (Å²) in [6, 6.07) is -0.922. The van der Waals surface area contributed by atoms with Crippen LogP contribution >= 0.6 is 0 Å². The number of carbonyl (C=O) groups excluding carboxylic acids is 1. The highest BCUT2D eigenvalue weighted by Gasteiger charge is 2.50. The monoisotopic (exact) mass is 790 g/mol. The zero-order valence-corrected chi connectivity index (χ0v) is 33.4. The van der Waals surface area contributed by atoms with E-state index < -0.39 is 86.8 Å². The molecule has 0 aliphatic carbocycles. The van der Waals surface area contributed by atoms with Crippen molar-refractivity contribution in [2.24, 2.45) is 0 Å². The topological polar surface area (TPSA) is 228 Å². The molecular weight excluding hydrogens is 714 g/mol. The number of unbranched alkanes of at least 4 members (excludes halogenated alkanes) is 15. The Morgan fingerprint density at radius 2 is 1.16 bits per heavy atom. The van der Waals surface area contributed by atoms with Crippen LogP contribution < -0.4 is 5.32 Å². The Morgan fingerprint density at radius 3 is 1.78 bits per heavy atom. The molecule has 14 heteroatoms. The summed E-state index contributed by atoms with van der Waals surface area (Å²) >= 11 is 0. The fourth-order valence-electron chi connectivity index (χ4n) is 6.83. The average molecular weight is 790 g/mol. The number of rotatable bonds is 30. The van der Waals surface area contributed by atoms with Crippen LogP contribution in [0.2, 0.25) is 0 Å². The van der Waals surface area contributed by atoms with Crippen LogP contribution in [0.3, 0.4) is 0 Å². The van der Waals surface area contributed by atoms with E-state index in [-0.39, 0.29) is 18.9 Å². The van der Waals surface area contributed by atoms with E-state index in [0.29, 0.717) is 12.8 Å². The molecule has 1 amide bonds. The van der Waals surface area contributed by atoms with Crippen LogP contribution in [0, 0.1) is 0 Å². The first-order chi connectivity index (χ1) is 26.6. The van der Waals surface area contributed by atoms with Crippen LogP contribution in [0.1, 0.15) is 136 Å². The maximum absolute atomic E-state index is 13.0. The molecule has 2 aliphatic rings. The Balaban J connectivity index is 1.96. The third kappa shape index (κ3) is 18.7. The van der Waals surface area contributed by atoms with Crippen molar-refractivity contribution in [3.8, 4) is 0 Å². The number of hydrogen-bond donors (Lipinski definition) is 9. The molecule has 0 saturated carbocycles. The van der Waals surface area contributed by atoms with E-state index >= 15 is 0 Å². The summed E-state index contributed by atoms with van der Waals surface area (Å²) in [5.41, 5.74) is 0. The number of allylic oxidation sites excluding steroid dienone is 3. The minimum absolute atomic E-state index is 0.255. The van der Waals surface area contributed by atoms with Crippen LogP contribution in [0.15, 0.2) is 24.3 Å². The number of carbonyl (C=O) groups is 1. The van der Waals surface area contributed by atoms with Crippen molar-refractivity contribution in [1.82, 2.24) is 5.32 Å². The lowest BCUT2D eigenvalue weighted by Crippen LogP contribution is -2.65. The molecule has 0 bridgehead atoms. The molecule has 12 unspecified atom stereocenters. The second-order valence-corrected chi connectivity index (χ2v) is 15.1. The first-order valence-corrected chi connectivity index (χ1v) is 21.1. The van der Waals surface area contributed by atoms with Crippen LogP contribution in [0.4, 0.5) is 0 Å². The Morgan fingerprint density at radius 1 is 0.636 bits per heavy atom. The number of hydrogen-bond acceptors (Lipinski definition) is 13. The van der Waals surface area contributed by atoms with Crippen LogP contribution in [0.5, 0.6) is 0 Å². The van der Waals surface area contributed by atoms with Crippen molar-refractivity contribution >= 4 is 5.91 Å². The number of aliphatic hydroxyl groups excluding tert-OH is 8. The molecule has 14 nitrogen and oxygen atoms in total. The zero-order chi connectivity index (χ0) is 40.4. The lowest BCUT2D eigenvalue weighted by molar-refractivity contribution is -0.359. The standard InChI is InChI=1S/C41H75NO13/c1-3-5-7-9-11-13-15-17-19-21-23-25-33(46)42-29(30(45)24-22-20-18-16-14-12-10-8-6-4-2)28-52-40-38(51)36(49)39(32(27-44)54-40)55-41-37(50)35(48)34(47)31(26-43)53-41/h14,16,22,24,29-32,34-41,43-45,47-51H,3-13,15,17-21,23,25-28H2,1-2H3,(H,42,46)/b16-14+,24-22+. The second-order valence-electron chi connectivity index (χ2n) is 15.1. The Labute approximate surface area is 328 Å². The van der Waals surface area contributed by atoms with Crippen molar-refractivity contribution in [2.45, 2.75) is 209 Å². The average Bonchev–Trinajstić information content (AvgIpc) is 3.18. The molecule has 0 aromatic heterocycles. The van der Waals surface area contributed by atoms with E-state index in [0.717, 1.165) is 32.1 Å². The third-order valence-electron chi connectivity index (χ3n) is 10.4. The quantitative estimate of drug-likeness (QED) is 0.0377. The normalized spacial score (nSPS) is 29.9. The van der Waals surface area contributed by atoms with Crippen molar-refractivity contribution in [1.29, 1.82) is 0 Å². The van der Waals surface area contributed by atoms with Gasteiger partial charge >= 0.3 is 0 Å². The van der Waals surface area contributed by atoms with Crippen molar-refractivity contribution in [2.75, 3.05) is 19.8 Å². The van der Waals surface area contributed by atoms with Crippen molar-refractivity contribution in [3.63, 3.8) is 0 Å². The first kappa shape index (κ1) is 49.6. The summed E-state index contributed by atoms with van der Waals surface area (Å²) in [6.45, 7) is 2.67. The van der Waals surface area contributed by atoms with Gasteiger partial charge in [0.15, 0.2) is 12.6 Å². The molecule has 0 spiro atoms. The lowest BCUT2D eigenvalue weighted by Gasteiger charge is -2.46. The molecule has 12 atom stereocenters. The SMILES string of the molecule is CCCCCC/C=C/CC/C=C/C(O)C(COC1OC(CO)C(OC2OC(CO)C(O)C(O)C2O)C(O)C1O)NC(=O)CCCCCCCCCCCCC. The molecule has 2 heterocycles.